The van der Waals surface area contributed by atoms with Gasteiger partial charge in [0.1, 0.15) is 11.9 Å². The molecule has 0 spiro atoms. The van der Waals surface area contributed by atoms with Crippen LogP contribution < -0.4 is 10.1 Å². The molecule has 0 bridgehead atoms. The maximum atomic E-state index is 12.0. The van der Waals surface area contributed by atoms with Crippen molar-refractivity contribution in [3.05, 3.63) is 29.8 Å². The van der Waals surface area contributed by atoms with Crippen molar-refractivity contribution in [2.45, 2.75) is 31.8 Å². The molecule has 23 heavy (non-hydrogen) atoms. The molecule has 2 N–H and O–H groups in total. The Bertz CT molecular complexity index is 553. The summed E-state index contributed by atoms with van der Waals surface area (Å²) in [5.41, 5.74) is 1.16. The molecule has 1 aliphatic heterocycles. The molecule has 0 fully saturated rings. The Morgan fingerprint density at radius 3 is 2.74 bits per heavy atom. The van der Waals surface area contributed by atoms with Crippen LogP contribution in [0.5, 0.6) is 5.75 Å². The van der Waals surface area contributed by atoms with Crippen LogP contribution in [0.15, 0.2) is 24.3 Å². The van der Waals surface area contributed by atoms with E-state index in [1.807, 2.05) is 24.3 Å². The van der Waals surface area contributed by atoms with Crippen molar-refractivity contribution in [3.63, 3.8) is 0 Å². The molecule has 2 atom stereocenters. The topological polar surface area (TPSA) is 75.6 Å². The molecule has 2 rings (SSSR count). The highest BCUT2D eigenvalue weighted by atomic mass is 33.1. The van der Waals surface area contributed by atoms with E-state index in [-0.39, 0.29) is 24.3 Å². The van der Waals surface area contributed by atoms with Gasteiger partial charge >= 0.3 is 5.97 Å². The van der Waals surface area contributed by atoms with Crippen molar-refractivity contribution in [2.24, 2.45) is 0 Å². The van der Waals surface area contributed by atoms with Gasteiger partial charge in [0.15, 0.2) is 0 Å². The first-order valence-electron chi connectivity index (χ1n) is 7.56. The molecule has 0 aromatic heterocycles. The highest BCUT2D eigenvalue weighted by molar-refractivity contribution is 8.76. The summed E-state index contributed by atoms with van der Waals surface area (Å²) in [5.74, 6) is 1.65. The number of hydrogen-bond acceptors (Lipinski definition) is 5. The van der Waals surface area contributed by atoms with E-state index in [9.17, 15) is 9.59 Å². The van der Waals surface area contributed by atoms with E-state index in [4.69, 9.17) is 9.84 Å². The molecule has 5 nitrogen and oxygen atoms in total. The van der Waals surface area contributed by atoms with E-state index in [2.05, 4.69) is 12.2 Å². The molecule has 1 heterocycles. The highest BCUT2D eigenvalue weighted by Gasteiger charge is 2.31. The van der Waals surface area contributed by atoms with Crippen LogP contribution in [0.1, 0.15) is 31.2 Å². The number of amides is 1. The van der Waals surface area contributed by atoms with E-state index < -0.39 is 5.97 Å². The SMILES string of the molecule is C[C@H]1c2ccccc2O[C@H]1CC(=O)NCCSSCCC(=O)O. The summed E-state index contributed by atoms with van der Waals surface area (Å²) in [6.45, 7) is 2.66. The summed E-state index contributed by atoms with van der Waals surface area (Å²) in [6, 6.07) is 7.91. The van der Waals surface area contributed by atoms with Crippen LogP contribution in [0.2, 0.25) is 0 Å². The number of carboxylic acid groups (broad SMARTS) is 1. The average Bonchev–Trinajstić information content (AvgIpc) is 2.83. The normalized spacial score (nSPS) is 19.0. The number of hydrogen-bond donors (Lipinski definition) is 2. The van der Waals surface area contributed by atoms with Gasteiger partial charge in [0.2, 0.25) is 5.91 Å². The van der Waals surface area contributed by atoms with Crippen molar-refractivity contribution in [2.75, 3.05) is 18.1 Å². The predicted molar refractivity (Wildman–Crippen MR) is 94.1 cm³/mol. The van der Waals surface area contributed by atoms with Crippen molar-refractivity contribution in [1.29, 1.82) is 0 Å². The summed E-state index contributed by atoms with van der Waals surface area (Å²) >= 11 is 0. The Kier molecular flexibility index (Phi) is 7.11. The lowest BCUT2D eigenvalue weighted by molar-refractivity contribution is -0.136. The third kappa shape index (κ3) is 5.66. The number of carbonyl (C=O) groups excluding carboxylic acids is 1. The number of benzene rings is 1. The second-order valence-corrected chi connectivity index (χ2v) is 8.03. The number of nitrogens with one attached hydrogen (secondary N) is 1. The largest absolute Gasteiger partial charge is 0.489 e. The fraction of sp³-hybridized carbons (Fsp3) is 0.500. The van der Waals surface area contributed by atoms with Gasteiger partial charge in [-0.1, -0.05) is 46.7 Å². The molecule has 1 aromatic carbocycles. The Balaban J connectivity index is 1.60. The number of fused-ring (bicyclic) bond motifs is 1. The molecule has 7 heteroatoms. The molecule has 1 aliphatic rings. The molecule has 0 radical (unpaired) electrons. The van der Waals surface area contributed by atoms with Crippen molar-refractivity contribution < 1.29 is 19.4 Å². The van der Waals surface area contributed by atoms with Crippen molar-refractivity contribution in [1.82, 2.24) is 5.32 Å². The van der Waals surface area contributed by atoms with Crippen LogP contribution in [-0.4, -0.2) is 41.1 Å². The lowest BCUT2D eigenvalue weighted by Gasteiger charge is -2.15. The highest BCUT2D eigenvalue weighted by Crippen LogP contribution is 2.38. The molecule has 1 aromatic rings. The summed E-state index contributed by atoms with van der Waals surface area (Å²) in [5, 5.41) is 11.4. The molecule has 0 aliphatic carbocycles. The zero-order valence-corrected chi connectivity index (χ0v) is 14.6. The number of ether oxygens (including phenoxy) is 1. The number of carbonyl (C=O) groups is 2. The van der Waals surface area contributed by atoms with Crippen LogP contribution >= 0.6 is 21.6 Å². The minimum Gasteiger partial charge on any atom is -0.489 e. The second-order valence-electron chi connectivity index (χ2n) is 5.32. The molecule has 0 saturated carbocycles. The Labute approximate surface area is 144 Å². The summed E-state index contributed by atoms with van der Waals surface area (Å²) in [4.78, 5) is 22.3. The fourth-order valence-electron chi connectivity index (χ4n) is 2.38. The third-order valence-electron chi connectivity index (χ3n) is 3.62. The molecular formula is C16H21NO4S2. The molecule has 126 valence electrons. The lowest BCUT2D eigenvalue weighted by Crippen LogP contribution is -2.31. The molecule has 0 unspecified atom stereocenters. The van der Waals surface area contributed by atoms with Gasteiger partial charge in [-0.15, -0.1) is 0 Å². The van der Waals surface area contributed by atoms with Gasteiger partial charge in [-0.3, -0.25) is 9.59 Å². The maximum Gasteiger partial charge on any atom is 0.304 e. The Morgan fingerprint density at radius 1 is 1.26 bits per heavy atom. The van der Waals surface area contributed by atoms with Crippen molar-refractivity contribution in [3.8, 4) is 5.75 Å². The summed E-state index contributed by atoms with van der Waals surface area (Å²) in [6.07, 6.45) is 0.416. The van der Waals surface area contributed by atoms with Crippen LogP contribution in [0, 0.1) is 0 Å². The first-order chi connectivity index (χ1) is 11.1. The smallest absolute Gasteiger partial charge is 0.304 e. The van der Waals surface area contributed by atoms with Crippen LogP contribution in [0.3, 0.4) is 0 Å². The average molecular weight is 355 g/mol. The van der Waals surface area contributed by atoms with Crippen LogP contribution in [-0.2, 0) is 9.59 Å². The second kappa shape index (κ2) is 9.08. The predicted octanol–water partition coefficient (Wildman–Crippen LogP) is 2.91. The monoisotopic (exact) mass is 355 g/mol. The molecule has 1 amide bonds. The van der Waals surface area contributed by atoms with E-state index >= 15 is 0 Å². The number of rotatable bonds is 9. The quantitative estimate of drug-likeness (QED) is 0.524. The standard InChI is InChI=1S/C16H21NO4S2/c1-11-12-4-2-3-5-13(12)21-14(11)10-15(18)17-7-9-23-22-8-6-16(19)20/h2-5,11,14H,6-10H2,1H3,(H,17,18)(H,19,20)/t11-,14-/m0/s1. The fourth-order valence-corrected chi connectivity index (χ4v) is 4.27. The minimum absolute atomic E-state index is 0.00853. The lowest BCUT2D eigenvalue weighted by atomic mass is 9.95. The van der Waals surface area contributed by atoms with E-state index in [0.29, 0.717) is 18.7 Å². The zero-order valence-electron chi connectivity index (χ0n) is 13.0. The number of carboxylic acids is 1. The number of aliphatic carboxylic acids is 1. The van der Waals surface area contributed by atoms with E-state index in [0.717, 1.165) is 17.1 Å². The molecular weight excluding hydrogens is 334 g/mol. The first kappa shape index (κ1) is 18.0. The van der Waals surface area contributed by atoms with Gasteiger partial charge in [-0.05, 0) is 6.07 Å². The zero-order chi connectivity index (χ0) is 16.7. The number of para-hydroxylation sites is 1. The Hall–Kier alpha value is -1.34. The van der Waals surface area contributed by atoms with Crippen LogP contribution in [0.25, 0.3) is 0 Å². The maximum absolute atomic E-state index is 12.0. The van der Waals surface area contributed by atoms with Gasteiger partial charge in [-0.25, -0.2) is 0 Å². The minimum atomic E-state index is -0.780. The van der Waals surface area contributed by atoms with Gasteiger partial charge in [0.25, 0.3) is 0 Å². The van der Waals surface area contributed by atoms with E-state index in [1.54, 1.807) is 10.8 Å². The van der Waals surface area contributed by atoms with Gasteiger partial charge < -0.3 is 15.2 Å². The first-order valence-corrected chi connectivity index (χ1v) is 10.0. The van der Waals surface area contributed by atoms with Gasteiger partial charge in [-0.2, -0.15) is 0 Å². The van der Waals surface area contributed by atoms with Gasteiger partial charge in [0.05, 0.1) is 12.8 Å². The Morgan fingerprint density at radius 2 is 2.00 bits per heavy atom. The molecule has 0 saturated heterocycles. The summed E-state index contributed by atoms with van der Waals surface area (Å²) < 4.78 is 5.85. The van der Waals surface area contributed by atoms with E-state index in [1.165, 1.54) is 10.8 Å². The third-order valence-corrected chi connectivity index (χ3v) is 6.03. The van der Waals surface area contributed by atoms with Crippen molar-refractivity contribution >= 4 is 33.5 Å². The summed E-state index contributed by atoms with van der Waals surface area (Å²) in [7, 11) is 3.10. The van der Waals surface area contributed by atoms with Crippen LogP contribution in [0.4, 0.5) is 0 Å². The van der Waals surface area contributed by atoms with Gasteiger partial charge in [0, 0.05) is 29.5 Å².